The molecule has 124 valence electrons. The van der Waals surface area contributed by atoms with Crippen LogP contribution in [0, 0.1) is 13.8 Å². The van der Waals surface area contributed by atoms with E-state index in [1.165, 1.54) is 18.4 Å². The number of sulfonamides is 1. The molecule has 7 heteroatoms. The largest absolute Gasteiger partial charge is 0.326 e. The minimum atomic E-state index is -3.19. The minimum absolute atomic E-state index is 0.0265. The standard InChI is InChI=1S/C15H25N3O3S/c1-12-9-13(2)11-14(10-12)17-15(19)5-6-16-7-8-22(20,21)18(3)4/h9-11,16H,5-8H2,1-4H3,(H,17,19). The number of nitrogens with one attached hydrogen (secondary N) is 2. The van der Waals surface area contributed by atoms with E-state index in [-0.39, 0.29) is 11.7 Å². The maximum atomic E-state index is 11.8. The van der Waals surface area contributed by atoms with Crippen LogP contribution in [0.1, 0.15) is 17.5 Å². The van der Waals surface area contributed by atoms with E-state index in [2.05, 4.69) is 10.6 Å². The number of carbonyl (C=O) groups is 1. The highest BCUT2D eigenvalue weighted by molar-refractivity contribution is 7.89. The lowest BCUT2D eigenvalue weighted by molar-refractivity contribution is -0.116. The molecule has 1 rings (SSSR count). The van der Waals surface area contributed by atoms with Crippen molar-refractivity contribution in [1.29, 1.82) is 0 Å². The number of nitrogens with zero attached hydrogens (tertiary/aromatic N) is 1. The first kappa shape index (κ1) is 18.6. The molecule has 0 heterocycles. The van der Waals surface area contributed by atoms with E-state index in [0.717, 1.165) is 16.8 Å². The Morgan fingerprint density at radius 2 is 1.68 bits per heavy atom. The Morgan fingerprint density at radius 3 is 2.23 bits per heavy atom. The summed E-state index contributed by atoms with van der Waals surface area (Å²) in [5, 5.41) is 5.81. The summed E-state index contributed by atoms with van der Waals surface area (Å²) in [6.07, 6.45) is 0.301. The average molecular weight is 327 g/mol. The maximum absolute atomic E-state index is 11.8. The van der Waals surface area contributed by atoms with E-state index >= 15 is 0 Å². The number of rotatable bonds is 8. The van der Waals surface area contributed by atoms with Gasteiger partial charge in [-0.3, -0.25) is 4.79 Å². The number of benzene rings is 1. The van der Waals surface area contributed by atoms with Gasteiger partial charge in [-0.25, -0.2) is 12.7 Å². The van der Waals surface area contributed by atoms with Gasteiger partial charge in [0.15, 0.2) is 0 Å². The molecular formula is C15H25N3O3S. The van der Waals surface area contributed by atoms with Gasteiger partial charge in [-0.15, -0.1) is 0 Å². The van der Waals surface area contributed by atoms with Crippen LogP contribution in [0.25, 0.3) is 0 Å². The summed E-state index contributed by atoms with van der Waals surface area (Å²) in [4.78, 5) is 11.8. The van der Waals surface area contributed by atoms with Crippen LogP contribution in [0.15, 0.2) is 18.2 Å². The van der Waals surface area contributed by atoms with E-state index < -0.39 is 10.0 Å². The van der Waals surface area contributed by atoms with E-state index in [0.29, 0.717) is 19.5 Å². The van der Waals surface area contributed by atoms with Crippen molar-refractivity contribution in [3.63, 3.8) is 0 Å². The van der Waals surface area contributed by atoms with Gasteiger partial charge in [-0.2, -0.15) is 0 Å². The first-order valence-electron chi connectivity index (χ1n) is 7.20. The molecule has 1 aromatic carbocycles. The minimum Gasteiger partial charge on any atom is -0.326 e. The molecule has 0 aliphatic rings. The third-order valence-corrected chi connectivity index (χ3v) is 4.96. The predicted octanol–water partition coefficient (Wildman–Crippen LogP) is 1.11. The molecule has 0 unspecified atom stereocenters. The molecule has 0 spiro atoms. The van der Waals surface area contributed by atoms with Crippen molar-refractivity contribution in [3.8, 4) is 0 Å². The van der Waals surface area contributed by atoms with E-state index in [1.54, 1.807) is 0 Å². The van der Waals surface area contributed by atoms with Crippen molar-refractivity contribution < 1.29 is 13.2 Å². The summed E-state index contributed by atoms with van der Waals surface area (Å²) in [6.45, 7) is 4.74. The molecule has 0 bridgehead atoms. The number of anilines is 1. The van der Waals surface area contributed by atoms with Crippen molar-refractivity contribution >= 4 is 21.6 Å². The zero-order chi connectivity index (χ0) is 16.8. The van der Waals surface area contributed by atoms with Crippen molar-refractivity contribution in [1.82, 2.24) is 9.62 Å². The number of carbonyl (C=O) groups excluding carboxylic acids is 1. The fourth-order valence-corrected chi connectivity index (χ4v) is 2.75. The van der Waals surface area contributed by atoms with Gasteiger partial charge in [0.25, 0.3) is 0 Å². The number of aryl methyl sites for hydroxylation is 2. The SMILES string of the molecule is Cc1cc(C)cc(NC(=O)CCNCCS(=O)(=O)N(C)C)c1. The molecule has 0 atom stereocenters. The Labute approximate surface area is 132 Å². The molecule has 22 heavy (non-hydrogen) atoms. The van der Waals surface area contributed by atoms with Crippen LogP contribution >= 0.6 is 0 Å². The number of hydrogen-bond donors (Lipinski definition) is 2. The second-order valence-electron chi connectivity index (χ2n) is 5.52. The van der Waals surface area contributed by atoms with Gasteiger partial charge < -0.3 is 10.6 Å². The molecule has 0 aliphatic carbocycles. The lowest BCUT2D eigenvalue weighted by atomic mass is 10.1. The molecule has 0 saturated heterocycles. The first-order valence-corrected chi connectivity index (χ1v) is 8.81. The summed E-state index contributed by atoms with van der Waals surface area (Å²) in [6, 6.07) is 5.88. The van der Waals surface area contributed by atoms with Gasteiger partial charge in [-0.05, 0) is 37.1 Å². The lowest BCUT2D eigenvalue weighted by Crippen LogP contribution is -2.32. The molecule has 6 nitrogen and oxygen atoms in total. The molecular weight excluding hydrogens is 302 g/mol. The topological polar surface area (TPSA) is 78.5 Å². The molecule has 0 aromatic heterocycles. The van der Waals surface area contributed by atoms with E-state index in [1.807, 2.05) is 32.0 Å². The predicted molar refractivity (Wildman–Crippen MR) is 89.5 cm³/mol. The van der Waals surface area contributed by atoms with Gasteiger partial charge in [0.1, 0.15) is 0 Å². The number of hydrogen-bond acceptors (Lipinski definition) is 4. The smallest absolute Gasteiger partial charge is 0.225 e. The van der Waals surface area contributed by atoms with Crippen molar-refractivity contribution in [2.45, 2.75) is 20.3 Å². The van der Waals surface area contributed by atoms with Crippen LogP contribution in [0.4, 0.5) is 5.69 Å². The first-order chi connectivity index (χ1) is 10.2. The molecule has 1 amide bonds. The van der Waals surface area contributed by atoms with Gasteiger partial charge in [0.2, 0.25) is 15.9 Å². The summed E-state index contributed by atoms with van der Waals surface area (Å²) in [5.74, 6) is -0.0634. The molecule has 1 aromatic rings. The summed E-state index contributed by atoms with van der Waals surface area (Å²) < 4.78 is 24.3. The highest BCUT2D eigenvalue weighted by Crippen LogP contribution is 2.13. The van der Waals surface area contributed by atoms with Crippen molar-refractivity contribution in [3.05, 3.63) is 29.3 Å². The van der Waals surface area contributed by atoms with Crippen LogP contribution in [0.5, 0.6) is 0 Å². The van der Waals surface area contributed by atoms with E-state index in [4.69, 9.17) is 0 Å². The third-order valence-electron chi connectivity index (χ3n) is 3.13. The molecule has 0 radical (unpaired) electrons. The molecule has 0 fully saturated rings. The highest BCUT2D eigenvalue weighted by atomic mass is 32.2. The summed E-state index contributed by atoms with van der Waals surface area (Å²) in [7, 11) is -0.174. The average Bonchev–Trinajstić information content (AvgIpc) is 2.36. The van der Waals surface area contributed by atoms with Crippen LogP contribution in [0.2, 0.25) is 0 Å². The van der Waals surface area contributed by atoms with E-state index in [9.17, 15) is 13.2 Å². The normalized spacial score (nSPS) is 11.7. The third kappa shape index (κ3) is 6.55. The Kier molecular flexibility index (Phi) is 6.99. The number of amides is 1. The molecule has 0 saturated carbocycles. The van der Waals surface area contributed by atoms with Crippen LogP contribution in [-0.2, 0) is 14.8 Å². The van der Waals surface area contributed by atoms with Crippen LogP contribution < -0.4 is 10.6 Å². The lowest BCUT2D eigenvalue weighted by Gasteiger charge is -2.11. The Bertz CT molecular complexity index is 592. The Balaban J connectivity index is 2.29. The molecule has 2 N–H and O–H groups in total. The van der Waals surface area contributed by atoms with Crippen molar-refractivity contribution in [2.75, 3.05) is 38.3 Å². The monoisotopic (exact) mass is 327 g/mol. The summed E-state index contributed by atoms with van der Waals surface area (Å²) >= 11 is 0. The highest BCUT2D eigenvalue weighted by Gasteiger charge is 2.12. The van der Waals surface area contributed by atoms with Gasteiger partial charge >= 0.3 is 0 Å². The Hall–Kier alpha value is -1.44. The second-order valence-corrected chi connectivity index (χ2v) is 7.83. The zero-order valence-corrected chi connectivity index (χ0v) is 14.5. The van der Waals surface area contributed by atoms with Gasteiger partial charge in [0.05, 0.1) is 5.75 Å². The maximum Gasteiger partial charge on any atom is 0.225 e. The van der Waals surface area contributed by atoms with Crippen LogP contribution in [0.3, 0.4) is 0 Å². The zero-order valence-electron chi connectivity index (χ0n) is 13.6. The fraction of sp³-hybridized carbons (Fsp3) is 0.533. The fourth-order valence-electron chi connectivity index (χ4n) is 1.98. The quantitative estimate of drug-likeness (QED) is 0.701. The van der Waals surface area contributed by atoms with Crippen LogP contribution in [-0.4, -0.2) is 51.6 Å². The van der Waals surface area contributed by atoms with Gasteiger partial charge in [-0.1, -0.05) is 6.07 Å². The summed E-state index contributed by atoms with van der Waals surface area (Å²) in [5.41, 5.74) is 2.99. The molecule has 0 aliphatic heterocycles. The Morgan fingerprint density at radius 1 is 1.09 bits per heavy atom. The van der Waals surface area contributed by atoms with Crippen molar-refractivity contribution in [2.24, 2.45) is 0 Å². The second kappa shape index (κ2) is 8.26. The van der Waals surface area contributed by atoms with Gasteiger partial charge in [0, 0.05) is 39.3 Å².